The summed E-state index contributed by atoms with van der Waals surface area (Å²) in [5, 5.41) is 8.82. The summed E-state index contributed by atoms with van der Waals surface area (Å²) in [4.78, 5) is 24.8. The third-order valence-corrected chi connectivity index (χ3v) is 2.89. The molecule has 0 bridgehead atoms. The lowest BCUT2D eigenvalue weighted by Crippen LogP contribution is -2.45. The summed E-state index contributed by atoms with van der Waals surface area (Å²) in [6.45, 7) is 2.32. The van der Waals surface area contributed by atoms with Gasteiger partial charge in [-0.2, -0.15) is 5.26 Å². The third kappa shape index (κ3) is 2.04. The molecule has 1 aliphatic heterocycles. The Labute approximate surface area is 99.5 Å². The Morgan fingerprint density at radius 3 is 2.53 bits per heavy atom. The van der Waals surface area contributed by atoms with Crippen molar-refractivity contribution in [1.29, 1.82) is 5.26 Å². The van der Waals surface area contributed by atoms with Crippen LogP contribution in [0.1, 0.15) is 12.0 Å². The van der Waals surface area contributed by atoms with E-state index < -0.39 is 11.8 Å². The molecule has 0 radical (unpaired) electrons. The minimum atomic E-state index is -1.13. The maximum absolute atomic E-state index is 11.9. The molecule has 4 nitrogen and oxygen atoms in total. The lowest BCUT2D eigenvalue weighted by molar-refractivity contribution is -0.132. The summed E-state index contributed by atoms with van der Waals surface area (Å²) in [6, 6.07) is 9.24. The first-order valence-corrected chi connectivity index (χ1v) is 5.44. The van der Waals surface area contributed by atoms with Crippen molar-refractivity contribution in [3.8, 4) is 6.07 Å². The number of hydrogen-bond donors (Lipinski definition) is 0. The highest BCUT2D eigenvalue weighted by Crippen LogP contribution is 2.22. The Bertz CT molecular complexity index is 499. The van der Waals surface area contributed by atoms with Crippen LogP contribution in [0.5, 0.6) is 0 Å². The fraction of sp³-hybridized carbons (Fsp3) is 0.308. The van der Waals surface area contributed by atoms with Crippen molar-refractivity contribution in [2.75, 3.05) is 11.4 Å². The van der Waals surface area contributed by atoms with E-state index in [0.29, 0.717) is 6.54 Å². The number of benzene rings is 1. The number of nitrogens with zero attached hydrogens (tertiary/aromatic N) is 2. The molecular formula is C13H12N2O2. The summed E-state index contributed by atoms with van der Waals surface area (Å²) in [5.41, 5.74) is 1.85. The van der Waals surface area contributed by atoms with Crippen LogP contribution >= 0.6 is 0 Å². The number of nitriles is 1. The largest absolute Gasteiger partial charge is 0.310 e. The highest BCUT2D eigenvalue weighted by molar-refractivity contribution is 6.13. The Kier molecular flexibility index (Phi) is 2.92. The van der Waals surface area contributed by atoms with Gasteiger partial charge < -0.3 is 4.90 Å². The van der Waals surface area contributed by atoms with E-state index in [2.05, 4.69) is 0 Å². The molecule has 0 aromatic heterocycles. The number of amides is 1. The molecule has 1 aromatic rings. The maximum atomic E-state index is 11.9. The van der Waals surface area contributed by atoms with Gasteiger partial charge in [0, 0.05) is 18.7 Å². The lowest BCUT2D eigenvalue weighted by Gasteiger charge is -2.28. The third-order valence-electron chi connectivity index (χ3n) is 2.89. The lowest BCUT2D eigenvalue weighted by atomic mass is 9.96. The molecule has 86 valence electrons. The molecule has 1 saturated heterocycles. The molecule has 4 heteroatoms. The van der Waals surface area contributed by atoms with E-state index in [1.165, 1.54) is 4.90 Å². The molecule has 1 aromatic carbocycles. The first kappa shape index (κ1) is 11.3. The van der Waals surface area contributed by atoms with E-state index in [1.807, 2.05) is 31.2 Å². The van der Waals surface area contributed by atoms with E-state index >= 15 is 0 Å². The molecule has 1 fully saturated rings. The molecule has 0 aliphatic carbocycles. The summed E-state index contributed by atoms with van der Waals surface area (Å²) in [6.07, 6.45) is 0.248. The number of piperidine rings is 1. The summed E-state index contributed by atoms with van der Waals surface area (Å²) in [5.74, 6) is -1.82. The fourth-order valence-corrected chi connectivity index (χ4v) is 1.88. The first-order chi connectivity index (χ1) is 8.13. The zero-order valence-corrected chi connectivity index (χ0v) is 9.51. The number of carbonyl (C=O) groups excluding carboxylic acids is 2. The van der Waals surface area contributed by atoms with E-state index in [4.69, 9.17) is 5.26 Å². The molecule has 1 atom stereocenters. The Morgan fingerprint density at radius 1 is 1.29 bits per heavy atom. The average molecular weight is 228 g/mol. The van der Waals surface area contributed by atoms with Crippen LogP contribution in [-0.2, 0) is 9.59 Å². The van der Waals surface area contributed by atoms with Crippen LogP contribution in [0.3, 0.4) is 0 Å². The Morgan fingerprint density at radius 2 is 1.94 bits per heavy atom. The van der Waals surface area contributed by atoms with Gasteiger partial charge in [0.15, 0.2) is 11.7 Å². The van der Waals surface area contributed by atoms with E-state index in [-0.39, 0.29) is 12.2 Å². The second kappa shape index (κ2) is 4.38. The normalized spacial score (nSPS) is 20.2. The van der Waals surface area contributed by atoms with Gasteiger partial charge in [0.2, 0.25) is 0 Å². The zero-order valence-electron chi connectivity index (χ0n) is 9.51. The highest BCUT2D eigenvalue weighted by Gasteiger charge is 2.35. The SMILES string of the molecule is Cc1ccc(N2CCC(=O)C(C#N)C2=O)cc1. The van der Waals surface area contributed by atoms with Crippen molar-refractivity contribution < 1.29 is 9.59 Å². The van der Waals surface area contributed by atoms with Gasteiger partial charge in [-0.1, -0.05) is 17.7 Å². The summed E-state index contributed by atoms with van der Waals surface area (Å²) < 4.78 is 0. The fourth-order valence-electron chi connectivity index (χ4n) is 1.88. The molecule has 1 aliphatic rings. The smallest absolute Gasteiger partial charge is 0.251 e. The van der Waals surface area contributed by atoms with Gasteiger partial charge >= 0.3 is 0 Å². The summed E-state index contributed by atoms with van der Waals surface area (Å²) >= 11 is 0. The molecule has 0 N–H and O–H groups in total. The highest BCUT2D eigenvalue weighted by atomic mass is 16.2. The van der Waals surface area contributed by atoms with Gasteiger partial charge in [0.1, 0.15) is 0 Å². The van der Waals surface area contributed by atoms with Crippen molar-refractivity contribution in [3.05, 3.63) is 29.8 Å². The predicted octanol–water partition coefficient (Wildman–Crippen LogP) is 1.44. The number of anilines is 1. The zero-order chi connectivity index (χ0) is 12.4. The minimum Gasteiger partial charge on any atom is -0.310 e. The molecule has 1 unspecified atom stereocenters. The van der Waals surface area contributed by atoms with Gasteiger partial charge in [-0.3, -0.25) is 9.59 Å². The second-order valence-corrected chi connectivity index (χ2v) is 4.10. The summed E-state index contributed by atoms with van der Waals surface area (Å²) in [7, 11) is 0. The molecule has 0 spiro atoms. The molecule has 17 heavy (non-hydrogen) atoms. The average Bonchev–Trinajstić information content (AvgIpc) is 2.31. The topological polar surface area (TPSA) is 61.2 Å². The van der Waals surface area contributed by atoms with Crippen LogP contribution in [0.4, 0.5) is 5.69 Å². The molecule has 1 heterocycles. The number of rotatable bonds is 1. The van der Waals surface area contributed by atoms with Crippen molar-refractivity contribution in [1.82, 2.24) is 0 Å². The van der Waals surface area contributed by atoms with E-state index in [9.17, 15) is 9.59 Å². The van der Waals surface area contributed by atoms with Gasteiger partial charge in [-0.25, -0.2) is 0 Å². The van der Waals surface area contributed by atoms with Crippen LogP contribution < -0.4 is 4.90 Å². The monoisotopic (exact) mass is 228 g/mol. The standard InChI is InChI=1S/C13H12N2O2/c1-9-2-4-10(5-3-9)15-7-6-12(16)11(8-14)13(15)17/h2-5,11H,6-7H2,1H3. The maximum Gasteiger partial charge on any atom is 0.251 e. The number of Topliss-reactive ketones (excluding diaryl/α,β-unsaturated/α-hetero) is 1. The number of ketones is 1. The van der Waals surface area contributed by atoms with Crippen LogP contribution in [-0.4, -0.2) is 18.2 Å². The Hall–Kier alpha value is -2.15. The molecule has 2 rings (SSSR count). The molecular weight excluding hydrogens is 216 g/mol. The van der Waals surface area contributed by atoms with Gasteiger partial charge in [0.25, 0.3) is 5.91 Å². The van der Waals surface area contributed by atoms with Crippen molar-refractivity contribution in [2.45, 2.75) is 13.3 Å². The molecule has 0 saturated carbocycles. The minimum absolute atomic E-state index is 0.248. The van der Waals surface area contributed by atoms with E-state index in [1.54, 1.807) is 6.07 Å². The van der Waals surface area contributed by atoms with Crippen molar-refractivity contribution in [2.24, 2.45) is 5.92 Å². The number of hydrogen-bond acceptors (Lipinski definition) is 3. The second-order valence-electron chi connectivity index (χ2n) is 4.10. The van der Waals surface area contributed by atoms with E-state index in [0.717, 1.165) is 11.3 Å². The van der Waals surface area contributed by atoms with Gasteiger partial charge in [-0.05, 0) is 19.1 Å². The van der Waals surface area contributed by atoms with Crippen LogP contribution in [0.2, 0.25) is 0 Å². The van der Waals surface area contributed by atoms with Crippen molar-refractivity contribution in [3.63, 3.8) is 0 Å². The first-order valence-electron chi connectivity index (χ1n) is 5.44. The predicted molar refractivity (Wildman–Crippen MR) is 62.3 cm³/mol. The van der Waals surface area contributed by atoms with Crippen LogP contribution in [0.15, 0.2) is 24.3 Å². The molecule has 1 amide bonds. The Balaban J connectivity index is 2.29. The van der Waals surface area contributed by atoms with Gasteiger partial charge in [-0.15, -0.1) is 0 Å². The van der Waals surface area contributed by atoms with Gasteiger partial charge in [0.05, 0.1) is 6.07 Å². The quantitative estimate of drug-likeness (QED) is 0.683. The number of carbonyl (C=O) groups is 2. The number of aryl methyl sites for hydroxylation is 1. The van der Waals surface area contributed by atoms with Crippen molar-refractivity contribution >= 4 is 17.4 Å². The van der Waals surface area contributed by atoms with Crippen LogP contribution in [0.25, 0.3) is 0 Å². The van der Waals surface area contributed by atoms with Crippen LogP contribution in [0, 0.1) is 24.2 Å².